The summed E-state index contributed by atoms with van der Waals surface area (Å²) in [5.41, 5.74) is 1.35. The van der Waals surface area contributed by atoms with Crippen molar-refractivity contribution in [3.63, 3.8) is 0 Å². The molecule has 2 aromatic rings. The van der Waals surface area contributed by atoms with Crippen molar-refractivity contribution in [2.24, 2.45) is 0 Å². The van der Waals surface area contributed by atoms with Crippen LogP contribution < -0.4 is 5.32 Å². The van der Waals surface area contributed by atoms with Gasteiger partial charge in [0.25, 0.3) is 0 Å². The standard InChI is InChI=1S/C18H27N3/c1-20-12-5-4-8-17(20)15-19-11-6-13-21-14-10-16-7-2-3-9-18(16)21/h2-3,7,9-10,14,17,19H,4-6,8,11-13,15H2,1H3. The van der Waals surface area contributed by atoms with Crippen LogP contribution in [-0.4, -0.2) is 42.2 Å². The Hall–Kier alpha value is -1.32. The van der Waals surface area contributed by atoms with Crippen molar-refractivity contribution in [2.75, 3.05) is 26.7 Å². The number of aromatic nitrogens is 1. The first-order valence-electron chi connectivity index (χ1n) is 8.29. The Morgan fingerprint density at radius 2 is 2.10 bits per heavy atom. The van der Waals surface area contributed by atoms with Crippen molar-refractivity contribution in [2.45, 2.75) is 38.3 Å². The molecule has 114 valence electrons. The van der Waals surface area contributed by atoms with Crippen molar-refractivity contribution < 1.29 is 0 Å². The van der Waals surface area contributed by atoms with Gasteiger partial charge in [-0.15, -0.1) is 0 Å². The van der Waals surface area contributed by atoms with Gasteiger partial charge in [-0.3, -0.25) is 0 Å². The van der Waals surface area contributed by atoms with Crippen LogP contribution in [0.4, 0.5) is 0 Å². The van der Waals surface area contributed by atoms with E-state index in [1.54, 1.807) is 0 Å². The highest BCUT2D eigenvalue weighted by atomic mass is 15.2. The molecule has 1 saturated heterocycles. The Morgan fingerprint density at radius 1 is 1.19 bits per heavy atom. The molecule has 0 aliphatic carbocycles. The summed E-state index contributed by atoms with van der Waals surface area (Å²) in [7, 11) is 2.26. The fourth-order valence-electron chi connectivity index (χ4n) is 3.38. The van der Waals surface area contributed by atoms with Crippen molar-refractivity contribution in [3.8, 4) is 0 Å². The average molecular weight is 285 g/mol. The van der Waals surface area contributed by atoms with Gasteiger partial charge in [0.15, 0.2) is 0 Å². The molecule has 1 atom stereocenters. The first-order valence-corrected chi connectivity index (χ1v) is 8.29. The lowest BCUT2D eigenvalue weighted by Crippen LogP contribution is -2.43. The molecule has 1 aromatic carbocycles. The molecule has 1 aliphatic heterocycles. The van der Waals surface area contributed by atoms with E-state index in [0.717, 1.165) is 25.7 Å². The quantitative estimate of drug-likeness (QED) is 0.823. The summed E-state index contributed by atoms with van der Waals surface area (Å²) in [4.78, 5) is 2.51. The molecule has 2 heterocycles. The second-order valence-electron chi connectivity index (χ2n) is 6.26. The van der Waals surface area contributed by atoms with Gasteiger partial charge < -0.3 is 14.8 Å². The zero-order valence-electron chi connectivity index (χ0n) is 13.1. The molecule has 1 aliphatic rings. The van der Waals surface area contributed by atoms with Crippen LogP contribution in [0.3, 0.4) is 0 Å². The Bertz CT molecular complexity index is 560. The summed E-state index contributed by atoms with van der Waals surface area (Å²) < 4.78 is 2.36. The monoisotopic (exact) mass is 285 g/mol. The second-order valence-corrected chi connectivity index (χ2v) is 6.26. The zero-order valence-corrected chi connectivity index (χ0v) is 13.1. The largest absolute Gasteiger partial charge is 0.347 e. The van der Waals surface area contributed by atoms with Crippen molar-refractivity contribution in [1.82, 2.24) is 14.8 Å². The van der Waals surface area contributed by atoms with Crippen molar-refractivity contribution >= 4 is 10.9 Å². The Morgan fingerprint density at radius 3 is 3.00 bits per heavy atom. The highest BCUT2D eigenvalue weighted by molar-refractivity contribution is 5.79. The van der Waals surface area contributed by atoms with E-state index in [1.807, 2.05) is 0 Å². The molecule has 3 rings (SSSR count). The van der Waals surface area contributed by atoms with Gasteiger partial charge in [0, 0.05) is 30.8 Å². The van der Waals surface area contributed by atoms with Crippen LogP contribution in [-0.2, 0) is 6.54 Å². The maximum atomic E-state index is 3.64. The van der Waals surface area contributed by atoms with E-state index >= 15 is 0 Å². The number of likely N-dealkylation sites (tertiary alicyclic amines) is 1. The van der Waals surface area contributed by atoms with E-state index < -0.39 is 0 Å². The molecule has 0 saturated carbocycles. The van der Waals surface area contributed by atoms with Crippen molar-refractivity contribution in [1.29, 1.82) is 0 Å². The SMILES string of the molecule is CN1CCCCC1CNCCCn1ccc2ccccc21. The van der Waals surface area contributed by atoms with Crippen LogP contribution in [0.1, 0.15) is 25.7 Å². The fourth-order valence-corrected chi connectivity index (χ4v) is 3.38. The van der Waals surface area contributed by atoms with E-state index in [1.165, 1.54) is 43.1 Å². The number of nitrogens with zero attached hydrogens (tertiary/aromatic N) is 2. The van der Waals surface area contributed by atoms with Gasteiger partial charge >= 0.3 is 0 Å². The summed E-state index contributed by atoms with van der Waals surface area (Å²) in [5.74, 6) is 0. The molecule has 1 unspecified atom stereocenters. The number of aryl methyl sites for hydroxylation is 1. The van der Waals surface area contributed by atoms with Gasteiger partial charge in [-0.2, -0.15) is 0 Å². The molecule has 1 aromatic heterocycles. The number of piperidine rings is 1. The third kappa shape index (κ3) is 3.66. The minimum Gasteiger partial charge on any atom is -0.347 e. The fraction of sp³-hybridized carbons (Fsp3) is 0.556. The molecule has 0 amide bonds. The third-order valence-electron chi connectivity index (χ3n) is 4.73. The van der Waals surface area contributed by atoms with E-state index in [-0.39, 0.29) is 0 Å². The second kappa shape index (κ2) is 7.10. The highest BCUT2D eigenvalue weighted by Crippen LogP contribution is 2.15. The summed E-state index contributed by atoms with van der Waals surface area (Å²) in [6.07, 6.45) is 7.51. The van der Waals surface area contributed by atoms with E-state index in [0.29, 0.717) is 0 Å². The zero-order chi connectivity index (χ0) is 14.5. The van der Waals surface area contributed by atoms with Crippen LogP contribution in [0.5, 0.6) is 0 Å². The molecule has 1 fully saturated rings. The maximum absolute atomic E-state index is 3.64. The lowest BCUT2D eigenvalue weighted by Gasteiger charge is -2.32. The van der Waals surface area contributed by atoms with E-state index in [2.05, 4.69) is 58.4 Å². The van der Waals surface area contributed by atoms with Crippen LogP contribution in [0.2, 0.25) is 0 Å². The van der Waals surface area contributed by atoms with Gasteiger partial charge in [-0.25, -0.2) is 0 Å². The van der Waals surface area contributed by atoms with E-state index in [9.17, 15) is 0 Å². The average Bonchev–Trinajstić information content (AvgIpc) is 2.92. The molecule has 3 nitrogen and oxygen atoms in total. The van der Waals surface area contributed by atoms with E-state index in [4.69, 9.17) is 0 Å². The number of nitrogens with one attached hydrogen (secondary N) is 1. The summed E-state index contributed by atoms with van der Waals surface area (Å²) in [6.45, 7) is 4.61. The molecule has 3 heteroatoms. The first-order chi connectivity index (χ1) is 10.3. The third-order valence-corrected chi connectivity index (χ3v) is 4.73. The molecule has 0 spiro atoms. The predicted octanol–water partition coefficient (Wildman–Crippen LogP) is 3.11. The van der Waals surface area contributed by atoms with Gasteiger partial charge in [-0.1, -0.05) is 24.6 Å². The summed E-state index contributed by atoms with van der Waals surface area (Å²) in [5, 5.41) is 4.98. The molecule has 0 bridgehead atoms. The van der Waals surface area contributed by atoms with Crippen LogP contribution >= 0.6 is 0 Å². The molecule has 0 radical (unpaired) electrons. The van der Waals surface area contributed by atoms with Crippen LogP contribution in [0.15, 0.2) is 36.5 Å². The van der Waals surface area contributed by atoms with Crippen LogP contribution in [0.25, 0.3) is 10.9 Å². The molecular weight excluding hydrogens is 258 g/mol. The van der Waals surface area contributed by atoms with Gasteiger partial charge in [0.05, 0.1) is 0 Å². The number of para-hydroxylation sites is 1. The van der Waals surface area contributed by atoms with Crippen LogP contribution in [0, 0.1) is 0 Å². The Balaban J connectivity index is 1.40. The van der Waals surface area contributed by atoms with Crippen molar-refractivity contribution in [3.05, 3.63) is 36.5 Å². The van der Waals surface area contributed by atoms with Gasteiger partial charge in [0.1, 0.15) is 0 Å². The normalized spacial score (nSPS) is 20.1. The highest BCUT2D eigenvalue weighted by Gasteiger charge is 2.17. The van der Waals surface area contributed by atoms with Gasteiger partial charge in [-0.05, 0) is 56.9 Å². The first kappa shape index (κ1) is 14.6. The molecular formula is C18H27N3. The Labute approximate surface area is 127 Å². The number of hydrogen-bond donors (Lipinski definition) is 1. The smallest absolute Gasteiger partial charge is 0.0480 e. The number of benzene rings is 1. The Kier molecular flexibility index (Phi) is 4.94. The number of likely N-dealkylation sites (N-methyl/N-ethyl adjacent to an activating group) is 1. The predicted molar refractivity (Wildman–Crippen MR) is 89.7 cm³/mol. The molecule has 1 N–H and O–H groups in total. The van der Waals surface area contributed by atoms with Gasteiger partial charge in [0.2, 0.25) is 0 Å². The maximum Gasteiger partial charge on any atom is 0.0480 e. The molecule has 21 heavy (non-hydrogen) atoms. The summed E-state index contributed by atoms with van der Waals surface area (Å²) in [6, 6.07) is 11.6. The summed E-state index contributed by atoms with van der Waals surface area (Å²) >= 11 is 0. The minimum absolute atomic E-state index is 0.742. The topological polar surface area (TPSA) is 20.2 Å². The lowest BCUT2D eigenvalue weighted by molar-refractivity contribution is 0.181. The minimum atomic E-state index is 0.742. The lowest BCUT2D eigenvalue weighted by atomic mass is 10.0. The number of fused-ring (bicyclic) bond motifs is 1. The number of hydrogen-bond acceptors (Lipinski definition) is 2. The number of rotatable bonds is 6.